The molecule has 0 bridgehead atoms. The molecule has 0 aliphatic carbocycles. The van der Waals surface area contributed by atoms with Crippen LogP contribution in [0, 0.1) is 13.8 Å². The third-order valence-corrected chi connectivity index (χ3v) is 6.27. The molecule has 3 rings (SSSR count). The summed E-state index contributed by atoms with van der Waals surface area (Å²) in [4.78, 5) is 12.9. The van der Waals surface area contributed by atoms with Crippen LogP contribution in [-0.2, 0) is 14.8 Å². The number of anilines is 2. The van der Waals surface area contributed by atoms with Crippen LogP contribution in [0.15, 0.2) is 77.7 Å². The highest BCUT2D eigenvalue weighted by Crippen LogP contribution is 2.26. The lowest BCUT2D eigenvalue weighted by Crippen LogP contribution is -2.38. The molecule has 0 spiro atoms. The Balaban J connectivity index is 1.93. The van der Waals surface area contributed by atoms with E-state index in [1.54, 1.807) is 42.5 Å². The van der Waals surface area contributed by atoms with Crippen molar-refractivity contribution in [3.8, 4) is 5.75 Å². The third kappa shape index (κ3) is 4.99. The van der Waals surface area contributed by atoms with Gasteiger partial charge in [0.25, 0.3) is 10.0 Å². The minimum atomic E-state index is -3.95. The molecule has 0 aliphatic rings. The molecule has 0 saturated carbocycles. The lowest BCUT2D eigenvalue weighted by Gasteiger charge is -2.24. The molecule has 1 N–H and O–H groups in total. The molecule has 0 aliphatic heterocycles. The van der Waals surface area contributed by atoms with E-state index >= 15 is 0 Å². The molecule has 1 amide bonds. The predicted octanol–water partition coefficient (Wildman–Crippen LogP) is 4.15. The monoisotopic (exact) mass is 424 g/mol. The first-order valence-corrected chi connectivity index (χ1v) is 10.8. The third-order valence-electron chi connectivity index (χ3n) is 4.48. The van der Waals surface area contributed by atoms with E-state index in [9.17, 15) is 13.2 Å². The molecule has 0 fully saturated rings. The summed E-state index contributed by atoms with van der Waals surface area (Å²) in [6.07, 6.45) is 0. The van der Waals surface area contributed by atoms with Crippen molar-refractivity contribution in [3.63, 3.8) is 0 Å². The maximum atomic E-state index is 13.3. The maximum Gasteiger partial charge on any atom is 0.264 e. The van der Waals surface area contributed by atoms with Gasteiger partial charge in [-0.2, -0.15) is 0 Å². The second-order valence-electron chi connectivity index (χ2n) is 6.95. The van der Waals surface area contributed by atoms with Gasteiger partial charge in [0.15, 0.2) is 0 Å². The number of hydrogen-bond donors (Lipinski definition) is 1. The van der Waals surface area contributed by atoms with E-state index in [0.717, 1.165) is 15.4 Å². The zero-order chi connectivity index (χ0) is 21.7. The van der Waals surface area contributed by atoms with Crippen molar-refractivity contribution in [2.45, 2.75) is 18.7 Å². The summed E-state index contributed by atoms with van der Waals surface area (Å²) in [5, 5.41) is 2.80. The first-order valence-electron chi connectivity index (χ1n) is 9.39. The number of carbonyl (C=O) groups is 1. The van der Waals surface area contributed by atoms with Crippen LogP contribution in [0.5, 0.6) is 5.75 Å². The van der Waals surface area contributed by atoms with Crippen molar-refractivity contribution in [2.75, 3.05) is 23.3 Å². The Morgan fingerprint density at radius 3 is 2.10 bits per heavy atom. The van der Waals surface area contributed by atoms with Crippen molar-refractivity contribution in [1.29, 1.82) is 0 Å². The van der Waals surface area contributed by atoms with Gasteiger partial charge < -0.3 is 10.1 Å². The Bertz CT molecular complexity index is 1110. The summed E-state index contributed by atoms with van der Waals surface area (Å²) in [6, 6.07) is 20.3. The summed E-state index contributed by atoms with van der Waals surface area (Å²) in [7, 11) is -2.41. The maximum absolute atomic E-state index is 13.3. The number of benzene rings is 3. The molecule has 3 aromatic rings. The zero-order valence-electron chi connectivity index (χ0n) is 17.1. The number of nitrogens with one attached hydrogen (secondary N) is 1. The summed E-state index contributed by atoms with van der Waals surface area (Å²) < 4.78 is 32.8. The number of aryl methyl sites for hydroxylation is 2. The van der Waals surface area contributed by atoms with Crippen molar-refractivity contribution in [2.24, 2.45) is 0 Å². The van der Waals surface area contributed by atoms with E-state index in [0.29, 0.717) is 17.1 Å². The number of rotatable bonds is 7. The molecule has 156 valence electrons. The first kappa shape index (κ1) is 21.4. The zero-order valence-corrected chi connectivity index (χ0v) is 17.9. The number of ether oxygens (including phenoxy) is 1. The van der Waals surface area contributed by atoms with Gasteiger partial charge in [0.1, 0.15) is 12.3 Å². The molecule has 30 heavy (non-hydrogen) atoms. The fourth-order valence-electron chi connectivity index (χ4n) is 3.16. The fourth-order valence-corrected chi connectivity index (χ4v) is 4.60. The number of sulfonamides is 1. The van der Waals surface area contributed by atoms with Crippen LogP contribution in [0.1, 0.15) is 11.1 Å². The smallest absolute Gasteiger partial charge is 0.264 e. The topological polar surface area (TPSA) is 75.7 Å². The quantitative estimate of drug-likeness (QED) is 0.618. The Morgan fingerprint density at radius 2 is 1.53 bits per heavy atom. The lowest BCUT2D eigenvalue weighted by molar-refractivity contribution is -0.114. The summed E-state index contributed by atoms with van der Waals surface area (Å²) in [6.45, 7) is 3.51. The second-order valence-corrected chi connectivity index (χ2v) is 8.81. The highest BCUT2D eigenvalue weighted by Gasteiger charge is 2.27. The summed E-state index contributed by atoms with van der Waals surface area (Å²) in [5.41, 5.74) is 3.02. The molecule has 0 unspecified atom stereocenters. The minimum absolute atomic E-state index is 0.111. The van der Waals surface area contributed by atoms with E-state index < -0.39 is 15.9 Å². The van der Waals surface area contributed by atoms with Crippen LogP contribution < -0.4 is 14.4 Å². The van der Waals surface area contributed by atoms with Gasteiger partial charge in [0.2, 0.25) is 5.91 Å². The van der Waals surface area contributed by atoms with Crippen LogP contribution in [-0.4, -0.2) is 28.0 Å². The van der Waals surface area contributed by atoms with E-state index in [2.05, 4.69) is 5.32 Å². The van der Waals surface area contributed by atoms with Crippen molar-refractivity contribution in [1.82, 2.24) is 0 Å². The van der Waals surface area contributed by atoms with E-state index in [4.69, 9.17) is 4.74 Å². The predicted molar refractivity (Wildman–Crippen MR) is 119 cm³/mol. The number of methoxy groups -OCH3 is 1. The standard InChI is InChI=1S/C23H24N2O4S/c1-17-13-18(2)15-19(14-17)24-23(26)16-25(20-9-11-21(29-3)12-10-20)30(27,28)22-7-5-4-6-8-22/h4-15H,16H2,1-3H3,(H,24,26). The van der Waals surface area contributed by atoms with Crippen molar-refractivity contribution < 1.29 is 17.9 Å². The first-order chi connectivity index (χ1) is 14.3. The van der Waals surface area contributed by atoms with Gasteiger partial charge in [-0.3, -0.25) is 9.10 Å². The number of nitrogens with zero attached hydrogens (tertiary/aromatic N) is 1. The average molecular weight is 425 g/mol. The van der Waals surface area contributed by atoms with Crippen molar-refractivity contribution in [3.05, 3.63) is 83.9 Å². The van der Waals surface area contributed by atoms with Gasteiger partial charge in [-0.1, -0.05) is 24.3 Å². The molecule has 0 atom stereocenters. The average Bonchev–Trinajstić information content (AvgIpc) is 2.72. The molecule has 0 heterocycles. The Hall–Kier alpha value is -3.32. The number of hydrogen-bond acceptors (Lipinski definition) is 4. The normalized spacial score (nSPS) is 11.0. The lowest BCUT2D eigenvalue weighted by atomic mass is 10.1. The van der Waals surface area contributed by atoms with E-state index in [1.165, 1.54) is 19.2 Å². The Kier molecular flexibility index (Phi) is 6.42. The Labute approximate surface area is 177 Å². The highest BCUT2D eigenvalue weighted by molar-refractivity contribution is 7.92. The van der Waals surface area contributed by atoms with Crippen LogP contribution in [0.25, 0.3) is 0 Å². The molecule has 0 radical (unpaired) electrons. The van der Waals surface area contributed by atoms with Gasteiger partial charge >= 0.3 is 0 Å². The van der Waals surface area contributed by atoms with Gasteiger partial charge in [-0.25, -0.2) is 8.42 Å². The summed E-state index contributed by atoms with van der Waals surface area (Å²) >= 11 is 0. The van der Waals surface area contributed by atoms with Crippen molar-refractivity contribution >= 4 is 27.3 Å². The van der Waals surface area contributed by atoms with Gasteiger partial charge in [-0.15, -0.1) is 0 Å². The number of carbonyl (C=O) groups excluding carboxylic acids is 1. The molecule has 7 heteroatoms. The SMILES string of the molecule is COc1ccc(N(CC(=O)Nc2cc(C)cc(C)c2)S(=O)(=O)c2ccccc2)cc1. The van der Waals surface area contributed by atoms with Crippen LogP contribution in [0.2, 0.25) is 0 Å². The van der Waals surface area contributed by atoms with Gasteiger partial charge in [-0.05, 0) is 73.5 Å². The molecular weight excluding hydrogens is 400 g/mol. The Morgan fingerprint density at radius 1 is 0.933 bits per heavy atom. The largest absolute Gasteiger partial charge is 0.497 e. The molecule has 6 nitrogen and oxygen atoms in total. The van der Waals surface area contributed by atoms with Gasteiger partial charge in [0.05, 0.1) is 17.7 Å². The van der Waals surface area contributed by atoms with Crippen LogP contribution in [0.3, 0.4) is 0 Å². The molecule has 0 aromatic heterocycles. The van der Waals surface area contributed by atoms with Crippen LogP contribution >= 0.6 is 0 Å². The summed E-state index contributed by atoms with van der Waals surface area (Å²) in [5.74, 6) is 0.158. The van der Waals surface area contributed by atoms with Gasteiger partial charge in [0, 0.05) is 5.69 Å². The highest BCUT2D eigenvalue weighted by atomic mass is 32.2. The molecule has 0 saturated heterocycles. The molecule has 3 aromatic carbocycles. The fraction of sp³-hybridized carbons (Fsp3) is 0.174. The number of amides is 1. The molecular formula is C23H24N2O4S. The van der Waals surface area contributed by atoms with Crippen LogP contribution in [0.4, 0.5) is 11.4 Å². The second kappa shape index (κ2) is 9.00. The van der Waals surface area contributed by atoms with E-state index in [1.807, 2.05) is 32.0 Å². The minimum Gasteiger partial charge on any atom is -0.497 e. The van der Waals surface area contributed by atoms with E-state index in [-0.39, 0.29) is 11.4 Å².